The van der Waals surface area contributed by atoms with Crippen LogP contribution in [0.2, 0.25) is 0 Å². The highest BCUT2D eigenvalue weighted by Crippen LogP contribution is 2.54. The van der Waals surface area contributed by atoms with Crippen molar-refractivity contribution in [1.29, 1.82) is 0 Å². The molecule has 1 heterocycles. The third-order valence-electron chi connectivity index (χ3n) is 5.35. The Hall–Kier alpha value is -1.89. The lowest BCUT2D eigenvalue weighted by Gasteiger charge is -2.34. The highest BCUT2D eigenvalue weighted by molar-refractivity contribution is 5.29. The third-order valence-corrected chi connectivity index (χ3v) is 5.35. The number of ether oxygens (including phenoxy) is 1. The van der Waals surface area contributed by atoms with Crippen LogP contribution < -0.4 is 0 Å². The van der Waals surface area contributed by atoms with Crippen LogP contribution in [0.25, 0.3) is 0 Å². The Morgan fingerprint density at radius 2 is 1.35 bits per heavy atom. The zero-order valence-corrected chi connectivity index (χ0v) is 14.0. The van der Waals surface area contributed by atoms with Gasteiger partial charge in [0.1, 0.15) is 0 Å². The standard InChI is InChI=1S/C20H19F3O3/c21-20(22,23)19(16-11-5-2-6-12-16)24-17(25-26-19)18(13-7-8-14-18)15-9-3-1-4-10-15/h1-6,9-12,17H,7-8,13-14H2. The van der Waals surface area contributed by atoms with Gasteiger partial charge < -0.3 is 4.74 Å². The van der Waals surface area contributed by atoms with Gasteiger partial charge in [-0.3, -0.25) is 0 Å². The second kappa shape index (κ2) is 6.37. The molecule has 2 aromatic rings. The molecule has 0 N–H and O–H groups in total. The van der Waals surface area contributed by atoms with E-state index in [9.17, 15) is 13.2 Å². The van der Waals surface area contributed by atoms with Crippen LogP contribution in [0, 0.1) is 0 Å². The lowest BCUT2D eigenvalue weighted by atomic mass is 9.78. The van der Waals surface area contributed by atoms with E-state index < -0.39 is 23.7 Å². The van der Waals surface area contributed by atoms with E-state index in [4.69, 9.17) is 14.5 Å². The molecule has 0 aromatic heterocycles. The van der Waals surface area contributed by atoms with Crippen LogP contribution in [-0.2, 0) is 25.7 Å². The average molecular weight is 364 g/mol. The average Bonchev–Trinajstić information content (AvgIpc) is 3.32. The molecule has 1 aliphatic heterocycles. The number of halogens is 3. The summed E-state index contributed by atoms with van der Waals surface area (Å²) in [5.74, 6) is -2.91. The maximum Gasteiger partial charge on any atom is 0.451 e. The van der Waals surface area contributed by atoms with Crippen LogP contribution in [-0.4, -0.2) is 12.5 Å². The molecule has 4 rings (SSSR count). The van der Waals surface area contributed by atoms with E-state index in [1.165, 1.54) is 24.3 Å². The molecule has 2 aliphatic rings. The fraction of sp³-hybridized carbons (Fsp3) is 0.400. The van der Waals surface area contributed by atoms with Crippen molar-refractivity contribution in [3.8, 4) is 0 Å². The van der Waals surface area contributed by atoms with Gasteiger partial charge in [-0.1, -0.05) is 73.5 Å². The Labute approximate surface area is 149 Å². The van der Waals surface area contributed by atoms with E-state index in [-0.39, 0.29) is 5.56 Å². The van der Waals surface area contributed by atoms with Crippen molar-refractivity contribution < 1.29 is 27.7 Å². The summed E-state index contributed by atoms with van der Waals surface area (Å²) < 4.78 is 47.4. The first-order valence-electron chi connectivity index (χ1n) is 8.68. The predicted octanol–water partition coefficient (Wildman–Crippen LogP) is 5.22. The van der Waals surface area contributed by atoms with Gasteiger partial charge in [0.05, 0.1) is 0 Å². The Bertz CT molecular complexity index is 742. The molecular weight excluding hydrogens is 345 g/mol. The summed E-state index contributed by atoms with van der Waals surface area (Å²) >= 11 is 0. The minimum atomic E-state index is -4.78. The Morgan fingerprint density at radius 3 is 1.88 bits per heavy atom. The predicted molar refractivity (Wildman–Crippen MR) is 87.8 cm³/mol. The number of alkyl halides is 3. The zero-order chi connectivity index (χ0) is 18.3. The Balaban J connectivity index is 1.74. The zero-order valence-electron chi connectivity index (χ0n) is 14.0. The summed E-state index contributed by atoms with van der Waals surface area (Å²) in [6.45, 7) is 0. The van der Waals surface area contributed by atoms with Crippen molar-refractivity contribution in [3.63, 3.8) is 0 Å². The van der Waals surface area contributed by atoms with E-state index in [0.717, 1.165) is 18.4 Å². The van der Waals surface area contributed by atoms with Crippen molar-refractivity contribution in [1.82, 2.24) is 0 Å². The summed E-state index contributed by atoms with van der Waals surface area (Å²) in [7, 11) is 0. The maximum atomic E-state index is 14.0. The highest BCUT2D eigenvalue weighted by atomic mass is 19.4. The van der Waals surface area contributed by atoms with Gasteiger partial charge in [-0.15, -0.1) is 0 Å². The summed E-state index contributed by atoms with van der Waals surface area (Å²) in [5, 5.41) is 0. The maximum absolute atomic E-state index is 14.0. The van der Waals surface area contributed by atoms with Crippen LogP contribution in [0.3, 0.4) is 0 Å². The van der Waals surface area contributed by atoms with Crippen LogP contribution in [0.5, 0.6) is 0 Å². The number of benzene rings is 2. The van der Waals surface area contributed by atoms with Crippen molar-refractivity contribution in [3.05, 3.63) is 71.8 Å². The summed E-state index contributed by atoms with van der Waals surface area (Å²) in [6.07, 6.45) is -2.72. The van der Waals surface area contributed by atoms with Gasteiger partial charge in [0.2, 0.25) is 6.29 Å². The largest absolute Gasteiger partial charge is 0.451 e. The van der Waals surface area contributed by atoms with Gasteiger partial charge in [0, 0.05) is 11.0 Å². The summed E-state index contributed by atoms with van der Waals surface area (Å²) in [6, 6.07) is 16.8. The first kappa shape index (κ1) is 17.5. The molecule has 138 valence electrons. The fourth-order valence-electron chi connectivity index (χ4n) is 3.99. The number of hydrogen-bond donors (Lipinski definition) is 0. The van der Waals surface area contributed by atoms with Gasteiger partial charge in [-0.05, 0) is 18.4 Å². The molecule has 0 radical (unpaired) electrons. The molecule has 0 amide bonds. The number of rotatable bonds is 3. The quantitative estimate of drug-likeness (QED) is 0.699. The van der Waals surface area contributed by atoms with E-state index in [2.05, 4.69) is 0 Å². The Morgan fingerprint density at radius 1 is 0.808 bits per heavy atom. The van der Waals surface area contributed by atoms with Gasteiger partial charge in [-0.25, -0.2) is 0 Å². The van der Waals surface area contributed by atoms with E-state index in [1.807, 2.05) is 30.3 Å². The molecule has 2 atom stereocenters. The normalized spacial score (nSPS) is 28.3. The van der Waals surface area contributed by atoms with Crippen LogP contribution in [0.1, 0.15) is 36.8 Å². The molecule has 0 spiro atoms. The van der Waals surface area contributed by atoms with Crippen molar-refractivity contribution in [2.24, 2.45) is 0 Å². The van der Waals surface area contributed by atoms with Crippen LogP contribution in [0.15, 0.2) is 60.7 Å². The molecule has 1 saturated heterocycles. The van der Waals surface area contributed by atoms with E-state index in [1.54, 1.807) is 6.07 Å². The minimum Gasteiger partial charge on any atom is -0.303 e. The first-order chi connectivity index (χ1) is 12.5. The highest BCUT2D eigenvalue weighted by Gasteiger charge is 2.67. The van der Waals surface area contributed by atoms with E-state index in [0.29, 0.717) is 12.8 Å². The lowest BCUT2D eigenvalue weighted by molar-refractivity contribution is -0.419. The smallest absolute Gasteiger partial charge is 0.303 e. The molecule has 2 unspecified atom stereocenters. The van der Waals surface area contributed by atoms with Crippen molar-refractivity contribution in [2.45, 2.75) is 49.4 Å². The summed E-state index contributed by atoms with van der Waals surface area (Å²) in [4.78, 5) is 10.2. The van der Waals surface area contributed by atoms with Crippen molar-refractivity contribution >= 4 is 0 Å². The van der Waals surface area contributed by atoms with Gasteiger partial charge in [0.15, 0.2) is 0 Å². The van der Waals surface area contributed by atoms with Gasteiger partial charge >= 0.3 is 12.0 Å². The molecular formula is C20H19F3O3. The second-order valence-corrected chi connectivity index (χ2v) is 6.84. The molecule has 3 nitrogen and oxygen atoms in total. The van der Waals surface area contributed by atoms with Crippen LogP contribution >= 0.6 is 0 Å². The molecule has 1 saturated carbocycles. The van der Waals surface area contributed by atoms with Gasteiger partial charge in [-0.2, -0.15) is 22.9 Å². The topological polar surface area (TPSA) is 27.7 Å². The summed E-state index contributed by atoms with van der Waals surface area (Å²) in [5.41, 5.74) is 0.136. The molecule has 26 heavy (non-hydrogen) atoms. The molecule has 6 heteroatoms. The minimum absolute atomic E-state index is 0.129. The molecule has 2 aromatic carbocycles. The molecule has 1 aliphatic carbocycles. The lowest BCUT2D eigenvalue weighted by Crippen LogP contribution is -2.46. The van der Waals surface area contributed by atoms with Gasteiger partial charge in [0.25, 0.3) is 0 Å². The first-order valence-corrected chi connectivity index (χ1v) is 8.68. The number of hydrogen-bond acceptors (Lipinski definition) is 3. The second-order valence-electron chi connectivity index (χ2n) is 6.84. The third kappa shape index (κ3) is 2.64. The van der Waals surface area contributed by atoms with Crippen LogP contribution in [0.4, 0.5) is 13.2 Å². The molecule has 0 bridgehead atoms. The Kier molecular flexibility index (Phi) is 4.29. The monoisotopic (exact) mass is 364 g/mol. The van der Waals surface area contributed by atoms with E-state index >= 15 is 0 Å². The SMILES string of the molecule is FC(F)(F)C1(c2ccccc2)OOC(C2(c3ccccc3)CCCC2)O1. The fourth-order valence-corrected chi connectivity index (χ4v) is 3.99. The molecule has 2 fully saturated rings. The van der Waals surface area contributed by atoms with Crippen molar-refractivity contribution in [2.75, 3.05) is 0 Å².